The number of hydrogen-bond acceptors (Lipinski definition) is 5. The van der Waals surface area contributed by atoms with Crippen LogP contribution in [0.3, 0.4) is 0 Å². The fraction of sp³-hybridized carbons (Fsp3) is 0.400. The molecule has 3 N–H and O–H groups in total. The van der Waals surface area contributed by atoms with Crippen LogP contribution in [0.5, 0.6) is 0 Å². The summed E-state index contributed by atoms with van der Waals surface area (Å²) in [5.74, 6) is 2.72. The Hall–Kier alpha value is -3.16. The average Bonchev–Trinajstić information content (AvgIpc) is 3.20. The number of aromatic nitrogens is 4. The summed E-state index contributed by atoms with van der Waals surface area (Å²) < 4.78 is 5.46. The molecule has 2 aromatic heterocycles. The van der Waals surface area contributed by atoms with E-state index in [1.807, 2.05) is 25.1 Å². The van der Waals surface area contributed by atoms with Crippen LogP contribution < -0.4 is 10.6 Å². The molecule has 0 saturated heterocycles. The molecular formula is C20H22N6O2. The van der Waals surface area contributed by atoms with Gasteiger partial charge in [0, 0.05) is 11.5 Å². The normalized spacial score (nSPS) is 16.6. The first-order chi connectivity index (χ1) is 13.7. The maximum atomic E-state index is 12.6. The standard InChI is InChI=1S/C20H22N6O2/c1-11-5-8-16(14(9-11)19-23-17(26-28-19)13-6-7-13)22-20(27)24-18-15(10-21-25-18)12-3-2-4-12/h5,8-10,12-13H,2-4,6-7H2,1H3,(H3,21,22,24,25,27). The van der Waals surface area contributed by atoms with Crippen LogP contribution in [0.4, 0.5) is 16.3 Å². The zero-order valence-corrected chi connectivity index (χ0v) is 15.7. The monoisotopic (exact) mass is 378 g/mol. The van der Waals surface area contributed by atoms with Crippen molar-refractivity contribution >= 4 is 17.5 Å². The molecule has 0 unspecified atom stereocenters. The van der Waals surface area contributed by atoms with Gasteiger partial charge in [-0.15, -0.1) is 0 Å². The summed E-state index contributed by atoms with van der Waals surface area (Å²) >= 11 is 0. The van der Waals surface area contributed by atoms with Gasteiger partial charge in [0.05, 0.1) is 17.4 Å². The van der Waals surface area contributed by atoms with E-state index in [1.165, 1.54) is 6.42 Å². The van der Waals surface area contributed by atoms with Crippen molar-refractivity contribution in [3.05, 3.63) is 41.3 Å². The Labute approximate surface area is 162 Å². The van der Waals surface area contributed by atoms with Crippen LogP contribution >= 0.6 is 0 Å². The third kappa shape index (κ3) is 3.26. The number of amides is 2. The van der Waals surface area contributed by atoms with Crippen molar-refractivity contribution in [2.24, 2.45) is 0 Å². The van der Waals surface area contributed by atoms with Gasteiger partial charge in [-0.25, -0.2) is 4.79 Å². The van der Waals surface area contributed by atoms with Gasteiger partial charge >= 0.3 is 6.03 Å². The second-order valence-electron chi connectivity index (χ2n) is 7.69. The molecular weight excluding hydrogens is 356 g/mol. The van der Waals surface area contributed by atoms with Crippen molar-refractivity contribution in [1.29, 1.82) is 0 Å². The highest BCUT2D eigenvalue weighted by Crippen LogP contribution is 2.40. The van der Waals surface area contributed by atoms with Crippen LogP contribution in [-0.4, -0.2) is 26.4 Å². The lowest BCUT2D eigenvalue weighted by Crippen LogP contribution is -2.22. The van der Waals surface area contributed by atoms with Crippen molar-refractivity contribution in [2.75, 3.05) is 10.6 Å². The SMILES string of the molecule is Cc1ccc(NC(=O)Nc2[nH]ncc2C2CCC2)c(-c2nc(C3CC3)no2)c1. The maximum absolute atomic E-state index is 12.6. The van der Waals surface area contributed by atoms with E-state index in [0.717, 1.165) is 48.2 Å². The molecule has 0 aliphatic heterocycles. The van der Waals surface area contributed by atoms with Crippen molar-refractivity contribution in [1.82, 2.24) is 20.3 Å². The first-order valence-corrected chi connectivity index (χ1v) is 9.73. The molecule has 2 heterocycles. The molecule has 3 aromatic rings. The molecule has 144 valence electrons. The summed E-state index contributed by atoms with van der Waals surface area (Å²) in [5, 5.41) is 16.8. The van der Waals surface area contributed by atoms with Crippen LogP contribution in [0, 0.1) is 6.92 Å². The predicted octanol–water partition coefficient (Wildman–Crippen LogP) is 4.56. The van der Waals surface area contributed by atoms with Crippen LogP contribution in [0.1, 0.15) is 60.9 Å². The molecule has 8 heteroatoms. The minimum Gasteiger partial charge on any atom is -0.334 e. The summed E-state index contributed by atoms with van der Waals surface area (Å²) in [5.41, 5.74) is 3.46. The van der Waals surface area contributed by atoms with E-state index >= 15 is 0 Å². The second-order valence-corrected chi connectivity index (χ2v) is 7.69. The van der Waals surface area contributed by atoms with Gasteiger partial charge in [-0.1, -0.05) is 23.2 Å². The van der Waals surface area contributed by atoms with Gasteiger partial charge < -0.3 is 9.84 Å². The summed E-state index contributed by atoms with van der Waals surface area (Å²) in [4.78, 5) is 17.1. The van der Waals surface area contributed by atoms with E-state index in [0.29, 0.717) is 29.2 Å². The molecule has 2 fully saturated rings. The number of aromatic amines is 1. The quantitative estimate of drug-likeness (QED) is 0.603. The fourth-order valence-corrected chi connectivity index (χ4v) is 3.49. The number of anilines is 2. The molecule has 8 nitrogen and oxygen atoms in total. The molecule has 2 amide bonds. The van der Waals surface area contributed by atoms with Crippen molar-refractivity contribution in [3.63, 3.8) is 0 Å². The number of rotatable bonds is 5. The van der Waals surface area contributed by atoms with Gasteiger partial charge in [0.15, 0.2) is 5.82 Å². The number of H-pyrrole nitrogens is 1. The van der Waals surface area contributed by atoms with Crippen molar-refractivity contribution < 1.29 is 9.32 Å². The van der Waals surface area contributed by atoms with Gasteiger partial charge in [0.2, 0.25) is 0 Å². The van der Waals surface area contributed by atoms with E-state index in [9.17, 15) is 4.79 Å². The molecule has 0 spiro atoms. The highest BCUT2D eigenvalue weighted by molar-refractivity contribution is 6.01. The Morgan fingerprint density at radius 3 is 2.79 bits per heavy atom. The molecule has 28 heavy (non-hydrogen) atoms. The third-order valence-corrected chi connectivity index (χ3v) is 5.49. The van der Waals surface area contributed by atoms with Crippen LogP contribution in [-0.2, 0) is 0 Å². The highest BCUT2D eigenvalue weighted by Gasteiger charge is 2.29. The smallest absolute Gasteiger partial charge is 0.324 e. The molecule has 0 radical (unpaired) electrons. The van der Waals surface area contributed by atoms with Gasteiger partial charge in [0.1, 0.15) is 5.82 Å². The third-order valence-electron chi connectivity index (χ3n) is 5.49. The summed E-state index contributed by atoms with van der Waals surface area (Å²) in [6, 6.07) is 5.39. The number of hydrogen-bond donors (Lipinski definition) is 3. The number of nitrogens with one attached hydrogen (secondary N) is 3. The Morgan fingerprint density at radius 1 is 1.18 bits per heavy atom. The Bertz CT molecular complexity index is 1020. The maximum Gasteiger partial charge on any atom is 0.324 e. The summed E-state index contributed by atoms with van der Waals surface area (Å²) in [7, 11) is 0. The number of carbonyl (C=O) groups is 1. The van der Waals surface area contributed by atoms with Crippen LogP contribution in [0.15, 0.2) is 28.9 Å². The topological polar surface area (TPSA) is 109 Å². The van der Waals surface area contributed by atoms with Gasteiger partial charge in [-0.3, -0.25) is 10.4 Å². The van der Waals surface area contributed by atoms with Gasteiger partial charge in [-0.2, -0.15) is 10.1 Å². The molecule has 0 bridgehead atoms. The highest BCUT2D eigenvalue weighted by atomic mass is 16.5. The minimum absolute atomic E-state index is 0.336. The lowest BCUT2D eigenvalue weighted by Gasteiger charge is -2.25. The first kappa shape index (κ1) is 17.0. The van der Waals surface area contributed by atoms with Crippen LogP contribution in [0.2, 0.25) is 0 Å². The fourth-order valence-electron chi connectivity index (χ4n) is 3.49. The first-order valence-electron chi connectivity index (χ1n) is 9.73. The number of aryl methyl sites for hydroxylation is 1. The van der Waals surface area contributed by atoms with E-state index in [-0.39, 0.29) is 6.03 Å². The largest absolute Gasteiger partial charge is 0.334 e. The van der Waals surface area contributed by atoms with Gasteiger partial charge in [0.25, 0.3) is 5.89 Å². The van der Waals surface area contributed by atoms with E-state index in [2.05, 4.69) is 31.0 Å². The lowest BCUT2D eigenvalue weighted by molar-refractivity contribution is 0.262. The predicted molar refractivity (Wildman–Crippen MR) is 104 cm³/mol. The zero-order valence-electron chi connectivity index (χ0n) is 15.7. The molecule has 2 saturated carbocycles. The number of urea groups is 1. The Balaban J connectivity index is 1.36. The van der Waals surface area contributed by atoms with Gasteiger partial charge in [-0.05, 0) is 50.7 Å². The molecule has 5 rings (SSSR count). The number of carbonyl (C=O) groups excluding carboxylic acids is 1. The Kier molecular flexibility index (Phi) is 4.11. The number of nitrogens with zero attached hydrogens (tertiary/aromatic N) is 3. The van der Waals surface area contributed by atoms with Crippen LogP contribution in [0.25, 0.3) is 11.5 Å². The molecule has 2 aliphatic rings. The van der Waals surface area contributed by atoms with E-state index in [1.54, 1.807) is 6.20 Å². The molecule has 0 atom stereocenters. The Morgan fingerprint density at radius 2 is 2.04 bits per heavy atom. The molecule has 1 aromatic carbocycles. The second kappa shape index (κ2) is 6.78. The van der Waals surface area contributed by atoms with Crippen molar-refractivity contribution in [3.8, 4) is 11.5 Å². The average molecular weight is 378 g/mol. The summed E-state index contributed by atoms with van der Waals surface area (Å²) in [6.45, 7) is 1.99. The molecule has 2 aliphatic carbocycles. The summed E-state index contributed by atoms with van der Waals surface area (Å²) in [6.07, 6.45) is 7.51. The van der Waals surface area contributed by atoms with E-state index < -0.39 is 0 Å². The zero-order chi connectivity index (χ0) is 19.1. The lowest BCUT2D eigenvalue weighted by atomic mass is 9.81. The van der Waals surface area contributed by atoms with E-state index in [4.69, 9.17) is 4.52 Å². The minimum atomic E-state index is -0.336. The number of benzene rings is 1. The van der Waals surface area contributed by atoms with Crippen molar-refractivity contribution in [2.45, 2.75) is 50.9 Å².